The summed E-state index contributed by atoms with van der Waals surface area (Å²) in [7, 11) is 0. The summed E-state index contributed by atoms with van der Waals surface area (Å²) in [6, 6.07) is 7.16. The molecular formula is C16H17FO5. The number of Topliss-reactive ketones (excluding diaryl/α,β-unsaturated/α-hetero) is 1. The Morgan fingerprint density at radius 1 is 1.36 bits per heavy atom. The van der Waals surface area contributed by atoms with E-state index >= 15 is 0 Å². The van der Waals surface area contributed by atoms with E-state index < -0.39 is 11.9 Å². The minimum atomic E-state index is -0.905. The molecule has 5 nitrogen and oxygen atoms in total. The number of furan rings is 1. The summed E-state index contributed by atoms with van der Waals surface area (Å²) in [6.07, 6.45) is 0.629. The second-order valence-electron chi connectivity index (χ2n) is 4.76. The number of aliphatic hydroxyl groups is 1. The SMILES string of the molecule is CC(=O)c1ccc(F)cc1OCC(O)COCc1ccco1. The third-order valence-electron chi connectivity index (χ3n) is 2.89. The van der Waals surface area contributed by atoms with Crippen molar-refractivity contribution in [2.24, 2.45) is 0 Å². The maximum Gasteiger partial charge on any atom is 0.163 e. The third kappa shape index (κ3) is 4.68. The number of carbonyl (C=O) groups is 1. The van der Waals surface area contributed by atoms with Gasteiger partial charge in [-0.25, -0.2) is 4.39 Å². The molecule has 1 unspecified atom stereocenters. The highest BCUT2D eigenvalue weighted by molar-refractivity contribution is 5.96. The first kappa shape index (κ1) is 16.2. The van der Waals surface area contributed by atoms with Gasteiger partial charge in [0.15, 0.2) is 5.78 Å². The first-order chi connectivity index (χ1) is 10.6. The zero-order chi connectivity index (χ0) is 15.9. The highest BCUT2D eigenvalue weighted by atomic mass is 19.1. The van der Waals surface area contributed by atoms with Gasteiger partial charge in [0.1, 0.15) is 36.6 Å². The molecule has 0 radical (unpaired) electrons. The normalized spacial score (nSPS) is 12.1. The molecule has 2 aromatic rings. The number of hydrogen-bond donors (Lipinski definition) is 1. The van der Waals surface area contributed by atoms with Crippen LogP contribution in [0.5, 0.6) is 5.75 Å². The van der Waals surface area contributed by atoms with Gasteiger partial charge < -0.3 is 19.0 Å². The van der Waals surface area contributed by atoms with Crippen molar-refractivity contribution in [2.75, 3.05) is 13.2 Å². The number of aliphatic hydroxyl groups excluding tert-OH is 1. The summed E-state index contributed by atoms with van der Waals surface area (Å²) in [5, 5.41) is 9.78. The van der Waals surface area contributed by atoms with Crippen molar-refractivity contribution in [1.82, 2.24) is 0 Å². The fraction of sp³-hybridized carbons (Fsp3) is 0.312. The van der Waals surface area contributed by atoms with E-state index in [0.29, 0.717) is 5.76 Å². The Hall–Kier alpha value is -2.18. The van der Waals surface area contributed by atoms with E-state index in [9.17, 15) is 14.3 Å². The van der Waals surface area contributed by atoms with Crippen LogP contribution >= 0.6 is 0 Å². The minimum absolute atomic E-state index is 0.0332. The monoisotopic (exact) mass is 308 g/mol. The van der Waals surface area contributed by atoms with E-state index in [2.05, 4.69) is 0 Å². The second kappa shape index (κ2) is 7.72. The van der Waals surface area contributed by atoms with Crippen LogP contribution in [0.4, 0.5) is 4.39 Å². The van der Waals surface area contributed by atoms with Crippen LogP contribution in [-0.4, -0.2) is 30.2 Å². The van der Waals surface area contributed by atoms with Gasteiger partial charge in [-0.15, -0.1) is 0 Å². The number of hydrogen-bond acceptors (Lipinski definition) is 5. The zero-order valence-corrected chi connectivity index (χ0v) is 12.1. The number of ketones is 1. The van der Waals surface area contributed by atoms with Crippen molar-refractivity contribution in [3.63, 3.8) is 0 Å². The summed E-state index contributed by atoms with van der Waals surface area (Å²) in [5.74, 6) is 0.0109. The average molecular weight is 308 g/mol. The van der Waals surface area contributed by atoms with Crippen LogP contribution in [0.2, 0.25) is 0 Å². The Morgan fingerprint density at radius 3 is 2.86 bits per heavy atom. The molecular weight excluding hydrogens is 291 g/mol. The lowest BCUT2D eigenvalue weighted by atomic mass is 10.1. The van der Waals surface area contributed by atoms with Crippen molar-refractivity contribution in [3.05, 3.63) is 53.7 Å². The third-order valence-corrected chi connectivity index (χ3v) is 2.89. The molecule has 118 valence electrons. The largest absolute Gasteiger partial charge is 0.490 e. The number of carbonyl (C=O) groups excluding carboxylic acids is 1. The van der Waals surface area contributed by atoms with Gasteiger partial charge in [-0.1, -0.05) is 0 Å². The van der Waals surface area contributed by atoms with Gasteiger partial charge >= 0.3 is 0 Å². The molecule has 0 aliphatic heterocycles. The molecule has 0 aliphatic carbocycles. The van der Waals surface area contributed by atoms with Gasteiger partial charge in [0.05, 0.1) is 18.4 Å². The maximum absolute atomic E-state index is 13.2. The Labute approximate surface area is 127 Å². The van der Waals surface area contributed by atoms with Crippen LogP contribution < -0.4 is 4.74 Å². The lowest BCUT2D eigenvalue weighted by molar-refractivity contribution is 0.000710. The molecule has 0 amide bonds. The van der Waals surface area contributed by atoms with Crippen LogP contribution in [0.15, 0.2) is 41.0 Å². The van der Waals surface area contributed by atoms with Gasteiger partial charge in [-0.2, -0.15) is 0 Å². The van der Waals surface area contributed by atoms with Crippen molar-refractivity contribution >= 4 is 5.78 Å². The van der Waals surface area contributed by atoms with Gasteiger partial charge in [0, 0.05) is 6.07 Å². The molecule has 0 spiro atoms. The number of halogens is 1. The maximum atomic E-state index is 13.2. The van der Waals surface area contributed by atoms with Crippen LogP contribution in [0, 0.1) is 5.82 Å². The predicted molar refractivity (Wildman–Crippen MR) is 76.3 cm³/mol. The van der Waals surface area contributed by atoms with E-state index in [1.54, 1.807) is 12.1 Å². The van der Waals surface area contributed by atoms with E-state index in [4.69, 9.17) is 13.9 Å². The zero-order valence-electron chi connectivity index (χ0n) is 12.1. The summed E-state index contributed by atoms with van der Waals surface area (Å²) in [5.41, 5.74) is 0.269. The molecule has 0 aliphatic rings. The first-order valence-corrected chi connectivity index (χ1v) is 6.77. The van der Waals surface area contributed by atoms with Crippen LogP contribution in [0.3, 0.4) is 0 Å². The Morgan fingerprint density at radius 2 is 2.18 bits per heavy atom. The fourth-order valence-electron chi connectivity index (χ4n) is 1.83. The Balaban J connectivity index is 1.81. The molecule has 2 rings (SSSR count). The van der Waals surface area contributed by atoms with E-state index in [0.717, 1.165) is 6.07 Å². The van der Waals surface area contributed by atoms with Crippen LogP contribution in [-0.2, 0) is 11.3 Å². The lowest BCUT2D eigenvalue weighted by Crippen LogP contribution is -2.23. The Bertz CT molecular complexity index is 609. The molecule has 0 saturated carbocycles. The molecule has 0 fully saturated rings. The summed E-state index contributed by atoms with van der Waals surface area (Å²) < 4.78 is 28.9. The predicted octanol–water partition coefficient (Wildman–Crippen LogP) is 2.58. The molecule has 0 saturated heterocycles. The number of rotatable bonds is 8. The van der Waals surface area contributed by atoms with E-state index in [1.165, 1.54) is 25.3 Å². The molecule has 1 atom stereocenters. The van der Waals surface area contributed by atoms with Gasteiger partial charge in [0.2, 0.25) is 0 Å². The minimum Gasteiger partial charge on any atom is -0.490 e. The molecule has 1 aromatic heterocycles. The average Bonchev–Trinajstić information content (AvgIpc) is 2.98. The molecule has 0 bridgehead atoms. The van der Waals surface area contributed by atoms with Crippen LogP contribution in [0.25, 0.3) is 0 Å². The van der Waals surface area contributed by atoms with Crippen molar-refractivity contribution in [2.45, 2.75) is 19.6 Å². The van der Waals surface area contributed by atoms with E-state index in [-0.39, 0.29) is 36.9 Å². The van der Waals surface area contributed by atoms with Gasteiger partial charge in [0.25, 0.3) is 0 Å². The first-order valence-electron chi connectivity index (χ1n) is 6.77. The van der Waals surface area contributed by atoms with Gasteiger partial charge in [-0.05, 0) is 31.2 Å². The molecule has 1 heterocycles. The molecule has 1 N–H and O–H groups in total. The molecule has 22 heavy (non-hydrogen) atoms. The quantitative estimate of drug-likeness (QED) is 0.759. The van der Waals surface area contributed by atoms with E-state index in [1.807, 2.05) is 0 Å². The lowest BCUT2D eigenvalue weighted by Gasteiger charge is -2.14. The fourth-order valence-corrected chi connectivity index (χ4v) is 1.83. The standard InChI is InChI=1S/C16H17FO5/c1-11(18)15-5-4-12(17)7-16(15)22-9-13(19)8-20-10-14-3-2-6-21-14/h2-7,13,19H,8-10H2,1H3. The van der Waals surface area contributed by atoms with Gasteiger partial charge in [-0.3, -0.25) is 4.79 Å². The second-order valence-corrected chi connectivity index (χ2v) is 4.76. The summed E-state index contributed by atoms with van der Waals surface area (Å²) >= 11 is 0. The molecule has 1 aromatic carbocycles. The summed E-state index contributed by atoms with van der Waals surface area (Å²) in [6.45, 7) is 1.53. The van der Waals surface area contributed by atoms with Crippen LogP contribution in [0.1, 0.15) is 23.0 Å². The molecule has 6 heteroatoms. The summed E-state index contributed by atoms with van der Waals surface area (Å²) in [4.78, 5) is 11.4. The highest BCUT2D eigenvalue weighted by Gasteiger charge is 2.12. The van der Waals surface area contributed by atoms with Crippen molar-refractivity contribution < 1.29 is 28.2 Å². The topological polar surface area (TPSA) is 68.9 Å². The number of benzene rings is 1. The number of ether oxygens (including phenoxy) is 2. The van der Waals surface area contributed by atoms with Crippen molar-refractivity contribution in [3.8, 4) is 5.75 Å². The Kier molecular flexibility index (Phi) is 5.68. The smallest absolute Gasteiger partial charge is 0.163 e. The van der Waals surface area contributed by atoms with Crippen molar-refractivity contribution in [1.29, 1.82) is 0 Å². The highest BCUT2D eigenvalue weighted by Crippen LogP contribution is 2.20.